The topological polar surface area (TPSA) is 88.2 Å². The molecule has 0 spiro atoms. The molecule has 2 heterocycles. The van der Waals surface area contributed by atoms with Crippen molar-refractivity contribution in [2.75, 3.05) is 20.8 Å². The summed E-state index contributed by atoms with van der Waals surface area (Å²) in [6.07, 6.45) is 1.33. The highest BCUT2D eigenvalue weighted by Gasteiger charge is 2.38. The van der Waals surface area contributed by atoms with Gasteiger partial charge in [-0.2, -0.15) is 0 Å². The number of hydrogen-bond acceptors (Lipinski definition) is 5. The van der Waals surface area contributed by atoms with Crippen molar-refractivity contribution in [1.29, 1.82) is 0 Å². The van der Waals surface area contributed by atoms with Gasteiger partial charge in [0, 0.05) is 19.5 Å². The molecule has 2 aliphatic rings. The number of nitrogens with zero attached hydrogens (tertiary/aromatic N) is 2. The summed E-state index contributed by atoms with van der Waals surface area (Å²) in [7, 11) is 3.08. The van der Waals surface area contributed by atoms with E-state index in [-0.39, 0.29) is 31.2 Å². The van der Waals surface area contributed by atoms with Crippen molar-refractivity contribution in [3.8, 4) is 11.5 Å². The molecule has 0 aliphatic carbocycles. The van der Waals surface area contributed by atoms with Gasteiger partial charge in [0.1, 0.15) is 6.04 Å². The minimum atomic E-state index is -0.691. The van der Waals surface area contributed by atoms with Gasteiger partial charge in [-0.05, 0) is 41.7 Å². The van der Waals surface area contributed by atoms with Gasteiger partial charge in [0.15, 0.2) is 11.5 Å². The standard InChI is InChI=1S/C24H27N3O5/c1-31-20-9-7-16(13-21(20)32-2)14-27-23(29)19(25-24(27)30)8-10-22(28)26-12-11-17-5-3-4-6-18(17)15-26/h3-7,9,13,19H,8,10-12,14-15H2,1-2H3,(H,25,30). The number of carbonyl (C=O) groups excluding carboxylic acids is 3. The Balaban J connectivity index is 1.34. The van der Waals surface area contributed by atoms with Gasteiger partial charge in [0.25, 0.3) is 5.91 Å². The van der Waals surface area contributed by atoms with Gasteiger partial charge >= 0.3 is 6.03 Å². The zero-order chi connectivity index (χ0) is 22.7. The van der Waals surface area contributed by atoms with Crippen molar-refractivity contribution in [3.63, 3.8) is 0 Å². The lowest BCUT2D eigenvalue weighted by Gasteiger charge is -2.29. The predicted octanol–water partition coefficient (Wildman–Crippen LogP) is 2.49. The molecule has 1 atom stereocenters. The van der Waals surface area contributed by atoms with E-state index >= 15 is 0 Å². The van der Waals surface area contributed by atoms with Gasteiger partial charge in [-0.1, -0.05) is 30.3 Å². The third kappa shape index (κ3) is 4.39. The van der Waals surface area contributed by atoms with Crippen LogP contribution in [0.5, 0.6) is 11.5 Å². The molecular formula is C24H27N3O5. The summed E-state index contributed by atoms with van der Waals surface area (Å²) in [4.78, 5) is 40.9. The number of ether oxygens (including phenoxy) is 2. The summed E-state index contributed by atoms with van der Waals surface area (Å²) in [6, 6.07) is 12.2. The van der Waals surface area contributed by atoms with Crippen LogP contribution in [-0.2, 0) is 29.1 Å². The molecule has 1 fully saturated rings. The molecule has 0 saturated carbocycles. The summed E-state index contributed by atoms with van der Waals surface area (Å²) < 4.78 is 10.5. The first-order valence-electron chi connectivity index (χ1n) is 10.7. The first-order valence-corrected chi connectivity index (χ1v) is 10.7. The highest BCUT2D eigenvalue weighted by atomic mass is 16.5. The number of hydrogen-bond donors (Lipinski definition) is 1. The van der Waals surface area contributed by atoms with Crippen molar-refractivity contribution in [2.45, 2.75) is 38.4 Å². The second-order valence-corrected chi connectivity index (χ2v) is 7.99. The van der Waals surface area contributed by atoms with Crippen LogP contribution in [0.4, 0.5) is 4.79 Å². The third-order valence-electron chi connectivity index (χ3n) is 6.03. The van der Waals surface area contributed by atoms with Crippen LogP contribution in [0.15, 0.2) is 42.5 Å². The van der Waals surface area contributed by atoms with Crippen LogP contribution in [0.3, 0.4) is 0 Å². The molecule has 2 aliphatic heterocycles. The Kier molecular flexibility index (Phi) is 6.30. The molecule has 4 rings (SSSR count). The first kappa shape index (κ1) is 21.7. The van der Waals surface area contributed by atoms with Gasteiger partial charge in [0.05, 0.1) is 20.8 Å². The number of carbonyl (C=O) groups is 3. The molecule has 1 unspecified atom stereocenters. The molecular weight excluding hydrogens is 410 g/mol. The monoisotopic (exact) mass is 437 g/mol. The molecule has 1 N–H and O–H groups in total. The van der Waals surface area contributed by atoms with E-state index in [4.69, 9.17) is 9.47 Å². The van der Waals surface area contributed by atoms with Crippen molar-refractivity contribution in [1.82, 2.24) is 15.1 Å². The van der Waals surface area contributed by atoms with E-state index in [2.05, 4.69) is 11.4 Å². The van der Waals surface area contributed by atoms with Crippen molar-refractivity contribution < 1.29 is 23.9 Å². The van der Waals surface area contributed by atoms with Crippen LogP contribution in [0, 0.1) is 0 Å². The van der Waals surface area contributed by atoms with Crippen molar-refractivity contribution >= 4 is 17.8 Å². The van der Waals surface area contributed by atoms with Crippen molar-refractivity contribution in [2.24, 2.45) is 0 Å². The number of imide groups is 1. The number of benzene rings is 2. The number of urea groups is 1. The number of nitrogens with one attached hydrogen (secondary N) is 1. The molecule has 4 amide bonds. The second kappa shape index (κ2) is 9.30. The van der Waals surface area contributed by atoms with Crippen LogP contribution in [-0.4, -0.2) is 54.5 Å². The lowest BCUT2D eigenvalue weighted by Crippen LogP contribution is -2.37. The molecule has 1 saturated heterocycles. The van der Waals surface area contributed by atoms with E-state index < -0.39 is 12.1 Å². The maximum absolute atomic E-state index is 12.8. The van der Waals surface area contributed by atoms with E-state index in [1.54, 1.807) is 25.3 Å². The van der Waals surface area contributed by atoms with Crippen LogP contribution in [0.2, 0.25) is 0 Å². The Bertz CT molecular complexity index is 1040. The average Bonchev–Trinajstić information content (AvgIpc) is 3.09. The SMILES string of the molecule is COc1ccc(CN2C(=O)NC(CCC(=O)N3CCc4ccccc4C3)C2=O)cc1OC. The van der Waals surface area contributed by atoms with Gasteiger partial charge in [-0.15, -0.1) is 0 Å². The molecule has 168 valence electrons. The molecule has 0 radical (unpaired) electrons. The van der Waals surface area contributed by atoms with E-state index in [1.807, 2.05) is 23.1 Å². The third-order valence-corrected chi connectivity index (χ3v) is 6.03. The lowest BCUT2D eigenvalue weighted by molar-refractivity contribution is -0.132. The van der Waals surface area contributed by atoms with Gasteiger partial charge in [-0.3, -0.25) is 14.5 Å². The van der Waals surface area contributed by atoms with Gasteiger partial charge < -0.3 is 19.7 Å². The predicted molar refractivity (Wildman–Crippen MR) is 117 cm³/mol. The first-order chi connectivity index (χ1) is 15.5. The Morgan fingerprint density at radius 2 is 1.81 bits per heavy atom. The van der Waals surface area contributed by atoms with Crippen molar-refractivity contribution in [3.05, 3.63) is 59.2 Å². The summed E-state index contributed by atoms with van der Waals surface area (Å²) >= 11 is 0. The molecule has 8 nitrogen and oxygen atoms in total. The summed E-state index contributed by atoms with van der Waals surface area (Å²) in [5.74, 6) is 0.786. The van der Waals surface area contributed by atoms with Crippen LogP contribution >= 0.6 is 0 Å². The van der Waals surface area contributed by atoms with Gasteiger partial charge in [0.2, 0.25) is 5.91 Å². The number of fused-ring (bicyclic) bond motifs is 1. The zero-order valence-electron chi connectivity index (χ0n) is 18.3. The summed E-state index contributed by atoms with van der Waals surface area (Å²) in [6.45, 7) is 1.38. The molecule has 2 aromatic rings. The summed E-state index contributed by atoms with van der Waals surface area (Å²) in [5.41, 5.74) is 3.19. The smallest absolute Gasteiger partial charge is 0.325 e. The normalized spacial score (nSPS) is 17.8. The minimum Gasteiger partial charge on any atom is -0.493 e. The number of amides is 4. The fraction of sp³-hybridized carbons (Fsp3) is 0.375. The number of methoxy groups -OCH3 is 2. The zero-order valence-corrected chi connectivity index (χ0v) is 18.3. The quantitative estimate of drug-likeness (QED) is 0.673. The van der Waals surface area contributed by atoms with E-state index in [1.165, 1.54) is 23.1 Å². The Morgan fingerprint density at radius 3 is 2.56 bits per heavy atom. The molecule has 0 aromatic heterocycles. The van der Waals surface area contributed by atoms with Crippen LogP contribution in [0.25, 0.3) is 0 Å². The van der Waals surface area contributed by atoms with E-state index in [0.29, 0.717) is 24.6 Å². The lowest BCUT2D eigenvalue weighted by atomic mass is 9.99. The maximum atomic E-state index is 12.8. The summed E-state index contributed by atoms with van der Waals surface area (Å²) in [5, 5.41) is 2.71. The maximum Gasteiger partial charge on any atom is 0.325 e. The fourth-order valence-electron chi connectivity index (χ4n) is 4.22. The van der Waals surface area contributed by atoms with E-state index in [0.717, 1.165) is 12.0 Å². The molecule has 32 heavy (non-hydrogen) atoms. The average molecular weight is 437 g/mol. The van der Waals surface area contributed by atoms with Crippen LogP contribution in [0.1, 0.15) is 29.5 Å². The molecule has 8 heteroatoms. The fourth-order valence-corrected chi connectivity index (χ4v) is 4.22. The van der Waals surface area contributed by atoms with E-state index in [9.17, 15) is 14.4 Å². The van der Waals surface area contributed by atoms with Gasteiger partial charge in [-0.25, -0.2) is 4.79 Å². The van der Waals surface area contributed by atoms with Crippen LogP contribution < -0.4 is 14.8 Å². The molecule has 0 bridgehead atoms. The highest BCUT2D eigenvalue weighted by molar-refractivity contribution is 6.04. The minimum absolute atomic E-state index is 0.0000993. The Hall–Kier alpha value is -3.55. The Morgan fingerprint density at radius 1 is 1.06 bits per heavy atom. The number of rotatable bonds is 7. The molecule has 2 aromatic carbocycles. The largest absolute Gasteiger partial charge is 0.493 e. The highest BCUT2D eigenvalue weighted by Crippen LogP contribution is 2.28. The Labute approximate surface area is 187 Å². The second-order valence-electron chi connectivity index (χ2n) is 7.99.